The van der Waals surface area contributed by atoms with E-state index in [4.69, 9.17) is 0 Å². The van der Waals surface area contributed by atoms with E-state index in [0.717, 1.165) is 34.7 Å². The maximum absolute atomic E-state index is 13.8. The number of aromatic nitrogens is 1. The number of nitrogens with zero attached hydrogens (tertiary/aromatic N) is 2. The minimum absolute atomic E-state index is 0.0537. The first-order valence-corrected chi connectivity index (χ1v) is 13.4. The Morgan fingerprint density at radius 3 is 2.43 bits per heavy atom. The molecule has 1 fully saturated rings. The van der Waals surface area contributed by atoms with Gasteiger partial charge in [0.25, 0.3) is 5.91 Å². The molecule has 1 aliphatic heterocycles. The molecule has 0 aliphatic carbocycles. The normalized spacial score (nSPS) is 13.9. The predicted octanol–water partition coefficient (Wildman–Crippen LogP) is 6.54. The smallest absolute Gasteiger partial charge is 0.275 e. The Bertz CT molecular complexity index is 1380. The third-order valence-corrected chi connectivity index (χ3v) is 7.78. The number of piperidine rings is 1. The van der Waals surface area contributed by atoms with Gasteiger partial charge in [-0.25, -0.2) is 9.37 Å². The van der Waals surface area contributed by atoms with E-state index in [2.05, 4.69) is 10.3 Å². The van der Waals surface area contributed by atoms with Gasteiger partial charge in [-0.05, 0) is 42.5 Å². The van der Waals surface area contributed by atoms with Gasteiger partial charge in [0, 0.05) is 42.1 Å². The van der Waals surface area contributed by atoms with Crippen LogP contribution in [0.5, 0.6) is 0 Å². The van der Waals surface area contributed by atoms with E-state index in [1.807, 2.05) is 64.9 Å². The second kappa shape index (κ2) is 11.5. The summed E-state index contributed by atoms with van der Waals surface area (Å²) in [6, 6.07) is 24.3. The van der Waals surface area contributed by atoms with E-state index in [1.165, 1.54) is 17.4 Å². The molecule has 1 aliphatic rings. The van der Waals surface area contributed by atoms with Crippen molar-refractivity contribution in [3.8, 4) is 11.1 Å². The van der Waals surface area contributed by atoms with Gasteiger partial charge in [0.05, 0.1) is 5.01 Å². The second-order valence-electron chi connectivity index (χ2n) is 9.18. The van der Waals surface area contributed by atoms with Gasteiger partial charge < -0.3 is 10.2 Å². The molecule has 1 saturated heterocycles. The van der Waals surface area contributed by atoms with Gasteiger partial charge in [-0.3, -0.25) is 9.59 Å². The van der Waals surface area contributed by atoms with Gasteiger partial charge in [-0.1, -0.05) is 66.7 Å². The first-order valence-electron chi connectivity index (χ1n) is 12.5. The van der Waals surface area contributed by atoms with Crippen molar-refractivity contribution in [3.05, 3.63) is 106 Å². The fraction of sp³-hybridized carbons (Fsp3) is 0.233. The van der Waals surface area contributed by atoms with Crippen molar-refractivity contribution in [2.45, 2.75) is 31.6 Å². The number of carbonyl (C=O) groups is 2. The Hall–Kier alpha value is -3.84. The number of nitrogens with one attached hydrogen (secondary N) is 1. The Labute approximate surface area is 220 Å². The van der Waals surface area contributed by atoms with Gasteiger partial charge in [-0.15, -0.1) is 11.3 Å². The van der Waals surface area contributed by atoms with Crippen molar-refractivity contribution in [1.29, 1.82) is 0 Å². The van der Waals surface area contributed by atoms with E-state index in [9.17, 15) is 14.0 Å². The first kappa shape index (κ1) is 24.8. The zero-order valence-corrected chi connectivity index (χ0v) is 21.2. The van der Waals surface area contributed by atoms with Crippen LogP contribution in [0.15, 0.2) is 84.2 Å². The number of para-hydroxylation sites is 1. The third kappa shape index (κ3) is 5.94. The van der Waals surface area contributed by atoms with Crippen LogP contribution in [0.25, 0.3) is 11.1 Å². The molecule has 0 atom stereocenters. The van der Waals surface area contributed by atoms with Crippen molar-refractivity contribution >= 4 is 28.8 Å². The van der Waals surface area contributed by atoms with Crippen molar-refractivity contribution in [2.75, 3.05) is 18.4 Å². The zero-order valence-electron chi connectivity index (χ0n) is 20.4. The molecule has 0 spiro atoms. The van der Waals surface area contributed by atoms with Gasteiger partial charge in [-0.2, -0.15) is 0 Å². The number of carbonyl (C=O) groups excluding carboxylic acids is 2. The van der Waals surface area contributed by atoms with Crippen LogP contribution >= 0.6 is 11.3 Å². The average molecular weight is 514 g/mol. The summed E-state index contributed by atoms with van der Waals surface area (Å²) in [6.07, 6.45) is 2.31. The van der Waals surface area contributed by atoms with Gasteiger partial charge in [0.1, 0.15) is 11.5 Å². The number of likely N-dealkylation sites (tertiary alicyclic amines) is 1. The summed E-state index contributed by atoms with van der Waals surface area (Å²) in [7, 11) is 0. The Balaban J connectivity index is 1.16. The van der Waals surface area contributed by atoms with Gasteiger partial charge >= 0.3 is 0 Å². The van der Waals surface area contributed by atoms with E-state index < -0.39 is 0 Å². The van der Waals surface area contributed by atoms with Crippen LogP contribution in [0.2, 0.25) is 0 Å². The lowest BCUT2D eigenvalue weighted by atomic mass is 9.97. The summed E-state index contributed by atoms with van der Waals surface area (Å²) < 4.78 is 13.8. The highest BCUT2D eigenvalue weighted by Gasteiger charge is 2.26. The summed E-state index contributed by atoms with van der Waals surface area (Å²) in [5.41, 5.74) is 3.72. The van der Waals surface area contributed by atoms with Crippen LogP contribution < -0.4 is 5.32 Å². The van der Waals surface area contributed by atoms with Gasteiger partial charge in [0.15, 0.2) is 0 Å². The fourth-order valence-corrected chi connectivity index (χ4v) is 5.68. The number of hydrogen-bond acceptors (Lipinski definition) is 4. The molecule has 2 heterocycles. The lowest BCUT2D eigenvalue weighted by molar-refractivity contribution is -0.132. The van der Waals surface area contributed by atoms with Crippen molar-refractivity contribution < 1.29 is 14.0 Å². The number of halogens is 1. The molecular formula is C30H28FN3O2S. The number of amides is 2. The largest absolute Gasteiger partial charge is 0.343 e. The number of hydrogen-bond donors (Lipinski definition) is 1. The molecule has 0 saturated carbocycles. The highest BCUT2D eigenvalue weighted by molar-refractivity contribution is 7.10. The molecule has 37 heavy (non-hydrogen) atoms. The van der Waals surface area contributed by atoms with Crippen molar-refractivity contribution in [1.82, 2.24) is 9.88 Å². The highest BCUT2D eigenvalue weighted by Crippen LogP contribution is 2.32. The van der Waals surface area contributed by atoms with E-state index >= 15 is 0 Å². The molecule has 1 aromatic heterocycles. The van der Waals surface area contributed by atoms with Crippen LogP contribution in [0.3, 0.4) is 0 Å². The summed E-state index contributed by atoms with van der Waals surface area (Å²) in [5, 5.41) is 5.76. The van der Waals surface area contributed by atoms with Crippen molar-refractivity contribution in [3.63, 3.8) is 0 Å². The first-order chi connectivity index (χ1) is 18.1. The van der Waals surface area contributed by atoms with Crippen LogP contribution in [-0.2, 0) is 11.2 Å². The molecule has 0 bridgehead atoms. The van der Waals surface area contributed by atoms with Crippen LogP contribution in [0.4, 0.5) is 10.1 Å². The number of anilines is 1. The Kier molecular flexibility index (Phi) is 7.70. The Morgan fingerprint density at radius 2 is 1.65 bits per heavy atom. The molecular weight excluding hydrogens is 485 g/mol. The van der Waals surface area contributed by atoms with Gasteiger partial charge in [0.2, 0.25) is 5.91 Å². The molecule has 3 aromatic carbocycles. The molecule has 5 rings (SSSR count). The zero-order chi connectivity index (χ0) is 25.6. The average Bonchev–Trinajstić information content (AvgIpc) is 3.44. The van der Waals surface area contributed by atoms with Crippen LogP contribution in [-0.4, -0.2) is 34.8 Å². The van der Waals surface area contributed by atoms with Crippen LogP contribution in [0, 0.1) is 5.82 Å². The summed E-state index contributed by atoms with van der Waals surface area (Å²) >= 11 is 1.50. The van der Waals surface area contributed by atoms with E-state index in [0.29, 0.717) is 37.2 Å². The quantitative estimate of drug-likeness (QED) is 0.305. The number of benzene rings is 3. The molecule has 0 unspecified atom stereocenters. The lowest BCUT2D eigenvalue weighted by Gasteiger charge is -2.31. The maximum Gasteiger partial charge on any atom is 0.275 e. The highest BCUT2D eigenvalue weighted by atomic mass is 32.1. The third-order valence-electron chi connectivity index (χ3n) is 6.78. The van der Waals surface area contributed by atoms with E-state index in [-0.39, 0.29) is 23.5 Å². The topological polar surface area (TPSA) is 62.3 Å². The monoisotopic (exact) mass is 513 g/mol. The molecule has 2 amide bonds. The second-order valence-corrected chi connectivity index (χ2v) is 10.1. The summed E-state index contributed by atoms with van der Waals surface area (Å²) in [6.45, 7) is 1.29. The van der Waals surface area contributed by atoms with Crippen LogP contribution in [0.1, 0.15) is 46.2 Å². The molecule has 188 valence electrons. The SMILES string of the molecule is O=C(Nc1ccccc1-c1ccccc1)c1csc(C2CCN(C(=O)CCc3ccccc3F)CC2)n1. The minimum Gasteiger partial charge on any atom is -0.343 e. The Morgan fingerprint density at radius 1 is 0.946 bits per heavy atom. The summed E-state index contributed by atoms with van der Waals surface area (Å²) in [4.78, 5) is 32.2. The molecule has 7 heteroatoms. The molecule has 1 N–H and O–H groups in total. The minimum atomic E-state index is -0.263. The predicted molar refractivity (Wildman–Crippen MR) is 145 cm³/mol. The molecule has 0 radical (unpaired) electrons. The molecule has 5 nitrogen and oxygen atoms in total. The van der Waals surface area contributed by atoms with Crippen molar-refractivity contribution in [2.24, 2.45) is 0 Å². The lowest BCUT2D eigenvalue weighted by Crippen LogP contribution is -2.38. The maximum atomic E-state index is 13.8. The number of rotatable bonds is 7. The standard InChI is InChI=1S/C30H28FN3O2S/c31-25-12-6-4-10-22(25)14-15-28(35)34-18-16-23(17-19-34)30-33-27(20-37-30)29(36)32-26-13-7-5-11-24(26)21-8-2-1-3-9-21/h1-13,20,23H,14-19H2,(H,32,36). The fourth-order valence-electron chi connectivity index (χ4n) is 4.70. The number of aryl methyl sites for hydroxylation is 1. The molecule has 4 aromatic rings. The summed E-state index contributed by atoms with van der Waals surface area (Å²) in [5.74, 6) is -0.218. The number of thiazole rings is 1. The van der Waals surface area contributed by atoms with E-state index in [1.54, 1.807) is 18.2 Å².